The second kappa shape index (κ2) is 10.7. The van der Waals surface area contributed by atoms with E-state index in [-0.39, 0.29) is 24.1 Å². The first-order chi connectivity index (χ1) is 16.4. The number of nitrogens with zero attached hydrogens (tertiary/aromatic N) is 1. The van der Waals surface area contributed by atoms with E-state index in [1.807, 2.05) is 0 Å². The van der Waals surface area contributed by atoms with Crippen LogP contribution in [-0.4, -0.2) is 62.0 Å². The first-order valence-electron chi connectivity index (χ1n) is 11.6. The Bertz CT molecular complexity index is 1190. The van der Waals surface area contributed by atoms with Gasteiger partial charge in [-0.05, 0) is 52.0 Å². The molecule has 2 aromatic carbocycles. The maximum absolute atomic E-state index is 13.5. The lowest BCUT2D eigenvalue weighted by Crippen LogP contribution is -2.52. The zero-order valence-electron chi connectivity index (χ0n) is 20.4. The van der Waals surface area contributed by atoms with Gasteiger partial charge in [0, 0.05) is 11.4 Å². The average molecular weight is 505 g/mol. The molecule has 1 N–H and O–H groups in total. The van der Waals surface area contributed by atoms with E-state index in [0.29, 0.717) is 23.6 Å². The fraction of sp³-hybridized carbons (Fsp3) is 0.480. The van der Waals surface area contributed by atoms with Crippen LogP contribution in [0.3, 0.4) is 0 Å². The van der Waals surface area contributed by atoms with Crippen molar-refractivity contribution in [3.05, 3.63) is 42.5 Å². The van der Waals surface area contributed by atoms with Gasteiger partial charge in [0.25, 0.3) is 0 Å². The van der Waals surface area contributed by atoms with Crippen molar-refractivity contribution < 1.29 is 32.3 Å². The molecule has 1 aliphatic carbocycles. The summed E-state index contributed by atoms with van der Waals surface area (Å²) in [5.74, 6) is -2.00. The molecule has 1 saturated carbocycles. The van der Waals surface area contributed by atoms with Crippen molar-refractivity contribution in [2.75, 3.05) is 13.2 Å². The van der Waals surface area contributed by atoms with E-state index in [0.717, 1.165) is 0 Å². The van der Waals surface area contributed by atoms with E-state index in [1.165, 1.54) is 11.0 Å². The van der Waals surface area contributed by atoms with Crippen LogP contribution in [0.25, 0.3) is 10.8 Å². The maximum Gasteiger partial charge on any atom is 0.325 e. The predicted octanol–water partition coefficient (Wildman–Crippen LogP) is 2.77. The first-order valence-corrected chi connectivity index (χ1v) is 13.1. The lowest BCUT2D eigenvalue weighted by molar-refractivity contribution is -0.157. The SMILES string of the molecule is CCOC(=O)CN(C(=O)[C@H](CC(=O)OC(C)(C)C)NS(=O)(=O)c1cccc2ccccc12)C1CC1. The molecular weight excluding hydrogens is 472 g/mol. The summed E-state index contributed by atoms with van der Waals surface area (Å²) in [5, 5.41) is 1.20. The Labute approximate surface area is 205 Å². The fourth-order valence-corrected chi connectivity index (χ4v) is 5.15. The van der Waals surface area contributed by atoms with Gasteiger partial charge in [0.2, 0.25) is 15.9 Å². The number of carbonyl (C=O) groups excluding carboxylic acids is 3. The Hall–Kier alpha value is -2.98. The fourth-order valence-electron chi connectivity index (χ4n) is 3.73. The van der Waals surface area contributed by atoms with Crippen molar-refractivity contribution in [2.24, 2.45) is 0 Å². The molecule has 10 heteroatoms. The number of esters is 2. The minimum atomic E-state index is -4.22. The van der Waals surface area contributed by atoms with Gasteiger partial charge in [-0.2, -0.15) is 4.72 Å². The zero-order chi connectivity index (χ0) is 25.8. The highest BCUT2D eigenvalue weighted by molar-refractivity contribution is 7.89. The van der Waals surface area contributed by atoms with Crippen LogP contribution in [0, 0.1) is 0 Å². The zero-order valence-corrected chi connectivity index (χ0v) is 21.3. The molecular formula is C25H32N2O7S. The van der Waals surface area contributed by atoms with Gasteiger partial charge in [-0.1, -0.05) is 36.4 Å². The molecule has 0 heterocycles. The van der Waals surface area contributed by atoms with Crippen molar-refractivity contribution in [2.45, 2.75) is 69.5 Å². The first kappa shape index (κ1) is 26.6. The van der Waals surface area contributed by atoms with Gasteiger partial charge in [-0.15, -0.1) is 0 Å². The molecule has 0 aliphatic heterocycles. The molecule has 2 aromatic rings. The quantitative estimate of drug-likeness (QED) is 0.494. The Morgan fingerprint density at radius 1 is 1.06 bits per heavy atom. The molecule has 0 unspecified atom stereocenters. The van der Waals surface area contributed by atoms with E-state index in [1.54, 1.807) is 64.1 Å². The Morgan fingerprint density at radius 2 is 1.71 bits per heavy atom. The molecule has 0 bridgehead atoms. The summed E-state index contributed by atoms with van der Waals surface area (Å²) in [5.41, 5.74) is -0.819. The summed E-state index contributed by atoms with van der Waals surface area (Å²) in [6.07, 6.45) is 0.840. The summed E-state index contributed by atoms with van der Waals surface area (Å²) in [6.45, 7) is 6.53. The Balaban J connectivity index is 1.93. The van der Waals surface area contributed by atoms with Crippen LogP contribution in [0.1, 0.15) is 47.0 Å². The van der Waals surface area contributed by atoms with E-state index in [4.69, 9.17) is 9.47 Å². The van der Waals surface area contributed by atoms with Gasteiger partial charge in [-0.3, -0.25) is 14.4 Å². The average Bonchev–Trinajstić information content (AvgIpc) is 3.60. The summed E-state index contributed by atoms with van der Waals surface area (Å²) < 4.78 is 39.6. The number of sulfonamides is 1. The van der Waals surface area contributed by atoms with E-state index >= 15 is 0 Å². The number of ether oxygens (including phenoxy) is 2. The van der Waals surface area contributed by atoms with Gasteiger partial charge < -0.3 is 14.4 Å². The smallest absolute Gasteiger partial charge is 0.325 e. The third kappa shape index (κ3) is 7.25. The lowest BCUT2D eigenvalue weighted by Gasteiger charge is -2.28. The molecule has 1 amide bonds. The maximum atomic E-state index is 13.5. The third-order valence-electron chi connectivity index (χ3n) is 5.30. The van der Waals surface area contributed by atoms with Crippen LogP contribution in [0.5, 0.6) is 0 Å². The number of hydrogen-bond donors (Lipinski definition) is 1. The number of fused-ring (bicyclic) bond motifs is 1. The van der Waals surface area contributed by atoms with E-state index in [9.17, 15) is 22.8 Å². The summed E-state index contributed by atoms with van der Waals surface area (Å²) in [7, 11) is -4.22. The predicted molar refractivity (Wildman–Crippen MR) is 130 cm³/mol. The highest BCUT2D eigenvalue weighted by Crippen LogP contribution is 2.29. The number of amides is 1. The highest BCUT2D eigenvalue weighted by Gasteiger charge is 2.40. The van der Waals surface area contributed by atoms with E-state index < -0.39 is 45.9 Å². The number of hydrogen-bond acceptors (Lipinski definition) is 7. The van der Waals surface area contributed by atoms with Crippen molar-refractivity contribution in [3.8, 4) is 0 Å². The third-order valence-corrected chi connectivity index (χ3v) is 6.83. The molecule has 1 fully saturated rings. The molecule has 1 atom stereocenters. The van der Waals surface area contributed by atoms with Crippen molar-refractivity contribution in [3.63, 3.8) is 0 Å². The van der Waals surface area contributed by atoms with Gasteiger partial charge in [0.05, 0.1) is 17.9 Å². The Kier molecular flexibility index (Phi) is 8.17. The Morgan fingerprint density at radius 3 is 2.34 bits per heavy atom. The molecule has 1 aliphatic rings. The van der Waals surface area contributed by atoms with Crippen LogP contribution in [-0.2, 0) is 33.9 Å². The monoisotopic (exact) mass is 504 g/mol. The molecule has 0 spiro atoms. The number of nitrogens with one attached hydrogen (secondary N) is 1. The highest BCUT2D eigenvalue weighted by atomic mass is 32.2. The van der Waals surface area contributed by atoms with Gasteiger partial charge in [-0.25, -0.2) is 8.42 Å². The number of benzene rings is 2. The van der Waals surface area contributed by atoms with Crippen LogP contribution in [0.4, 0.5) is 0 Å². The largest absolute Gasteiger partial charge is 0.465 e. The second-order valence-electron chi connectivity index (χ2n) is 9.44. The van der Waals surface area contributed by atoms with Gasteiger partial charge >= 0.3 is 11.9 Å². The normalized spacial score (nSPS) is 14.9. The standard InChI is InChI=1S/C25H32N2O7S/c1-5-33-23(29)16-27(18-13-14-18)24(30)20(15-22(28)34-25(2,3)4)26-35(31,32)21-12-8-10-17-9-6-7-11-19(17)21/h6-12,18,20,26H,5,13-16H2,1-4H3/t20-/m0/s1. The lowest BCUT2D eigenvalue weighted by atomic mass is 10.1. The van der Waals surface area contributed by atoms with E-state index in [2.05, 4.69) is 4.72 Å². The molecule has 9 nitrogen and oxygen atoms in total. The number of carbonyl (C=O) groups is 3. The minimum Gasteiger partial charge on any atom is -0.465 e. The molecule has 190 valence electrons. The van der Waals surface area contributed by atoms with Crippen LogP contribution >= 0.6 is 0 Å². The second-order valence-corrected chi connectivity index (χ2v) is 11.1. The van der Waals surface area contributed by atoms with Gasteiger partial charge in [0.15, 0.2) is 0 Å². The molecule has 0 radical (unpaired) electrons. The van der Waals surface area contributed by atoms with Crippen LogP contribution in [0.15, 0.2) is 47.4 Å². The summed E-state index contributed by atoms with van der Waals surface area (Å²) in [6, 6.07) is 10.1. The van der Waals surface area contributed by atoms with Crippen LogP contribution in [0.2, 0.25) is 0 Å². The van der Waals surface area contributed by atoms with Crippen molar-refractivity contribution in [1.82, 2.24) is 9.62 Å². The van der Waals surface area contributed by atoms with Gasteiger partial charge in [0.1, 0.15) is 18.2 Å². The van der Waals surface area contributed by atoms with Crippen LogP contribution < -0.4 is 4.72 Å². The summed E-state index contributed by atoms with van der Waals surface area (Å²) in [4.78, 5) is 39.6. The molecule has 0 saturated heterocycles. The minimum absolute atomic E-state index is 0.0130. The van der Waals surface area contributed by atoms with Crippen molar-refractivity contribution >= 4 is 38.6 Å². The molecule has 3 rings (SSSR count). The summed E-state index contributed by atoms with van der Waals surface area (Å²) >= 11 is 0. The topological polar surface area (TPSA) is 119 Å². The molecule has 0 aromatic heterocycles. The number of rotatable bonds is 10. The molecule has 35 heavy (non-hydrogen) atoms. The van der Waals surface area contributed by atoms with Crippen molar-refractivity contribution in [1.29, 1.82) is 0 Å².